The lowest BCUT2D eigenvalue weighted by Crippen LogP contribution is -2.57. The third-order valence-electron chi connectivity index (χ3n) is 5.08. The lowest BCUT2D eigenvalue weighted by atomic mass is 9.90. The Kier molecular flexibility index (Phi) is 3.71. The van der Waals surface area contributed by atoms with Gasteiger partial charge in [0.15, 0.2) is 5.66 Å². The van der Waals surface area contributed by atoms with E-state index in [1.54, 1.807) is 12.3 Å². The van der Waals surface area contributed by atoms with Gasteiger partial charge in [0.25, 0.3) is 11.5 Å². The topological polar surface area (TPSA) is 101 Å². The smallest absolute Gasteiger partial charge is 0.277 e. The van der Waals surface area contributed by atoms with E-state index >= 15 is 0 Å². The number of pyridine rings is 1. The first-order valence-electron chi connectivity index (χ1n) is 8.71. The van der Waals surface area contributed by atoms with Crippen molar-refractivity contribution < 1.29 is 4.79 Å². The lowest BCUT2D eigenvalue weighted by Gasteiger charge is -2.37. The molecule has 2 aliphatic heterocycles. The number of nitrogens with one attached hydrogen (secondary N) is 3. The van der Waals surface area contributed by atoms with Crippen molar-refractivity contribution in [3.05, 3.63) is 81.1 Å². The van der Waals surface area contributed by atoms with Gasteiger partial charge >= 0.3 is 0 Å². The second-order valence-corrected chi connectivity index (χ2v) is 7.10. The molecule has 3 aromatic rings. The molecule has 28 heavy (non-hydrogen) atoms. The van der Waals surface area contributed by atoms with Gasteiger partial charge in [-0.1, -0.05) is 35.9 Å². The Balaban J connectivity index is 1.75. The molecule has 1 amide bonds. The van der Waals surface area contributed by atoms with Crippen LogP contribution in [0.15, 0.2) is 53.7 Å². The van der Waals surface area contributed by atoms with Crippen LogP contribution in [0.1, 0.15) is 21.6 Å². The molecule has 1 atom stereocenters. The monoisotopic (exact) mass is 394 g/mol. The maximum atomic E-state index is 13.4. The van der Waals surface area contributed by atoms with E-state index in [2.05, 4.69) is 25.9 Å². The maximum Gasteiger partial charge on any atom is 0.277 e. The second kappa shape index (κ2) is 6.15. The van der Waals surface area contributed by atoms with Gasteiger partial charge < -0.3 is 16.0 Å². The molecule has 1 spiro atoms. The number of hydrogen-bond acceptors (Lipinski definition) is 6. The molecule has 0 bridgehead atoms. The highest BCUT2D eigenvalue weighted by Crippen LogP contribution is 2.36. The Labute approximate surface area is 164 Å². The fourth-order valence-corrected chi connectivity index (χ4v) is 4.20. The van der Waals surface area contributed by atoms with Crippen LogP contribution in [0.2, 0.25) is 5.02 Å². The highest BCUT2D eigenvalue weighted by atomic mass is 35.5. The normalized spacial score (nSPS) is 19.8. The highest BCUT2D eigenvalue weighted by Gasteiger charge is 2.48. The fourth-order valence-electron chi connectivity index (χ4n) is 3.92. The minimum atomic E-state index is -1.04. The van der Waals surface area contributed by atoms with Crippen LogP contribution in [0.25, 0.3) is 0 Å². The molecule has 9 heteroatoms. The third kappa shape index (κ3) is 2.35. The zero-order valence-corrected chi connectivity index (χ0v) is 15.3. The van der Waals surface area contributed by atoms with Crippen LogP contribution in [-0.2, 0) is 12.2 Å². The van der Waals surface area contributed by atoms with Gasteiger partial charge in [-0.25, -0.2) is 9.97 Å². The minimum Gasteiger partial charge on any atom is -0.336 e. The molecule has 140 valence electrons. The first-order chi connectivity index (χ1) is 13.6. The summed E-state index contributed by atoms with van der Waals surface area (Å²) in [7, 11) is 0. The zero-order valence-electron chi connectivity index (χ0n) is 14.6. The summed E-state index contributed by atoms with van der Waals surface area (Å²) >= 11 is 6.42. The average Bonchev–Trinajstić information content (AvgIpc) is 3.00. The number of nitrogens with zero attached hydrogens (tertiary/aromatic N) is 3. The second-order valence-electron chi connectivity index (χ2n) is 6.69. The number of rotatable bonds is 2. The summed E-state index contributed by atoms with van der Waals surface area (Å²) in [4.78, 5) is 34.1. The van der Waals surface area contributed by atoms with Gasteiger partial charge in [0.05, 0.1) is 5.02 Å². The van der Waals surface area contributed by atoms with Gasteiger partial charge in [-0.15, -0.1) is 0 Å². The molecule has 2 aromatic heterocycles. The zero-order chi connectivity index (χ0) is 19.3. The van der Waals surface area contributed by atoms with Gasteiger partial charge in [-0.2, -0.15) is 0 Å². The van der Waals surface area contributed by atoms with Crippen molar-refractivity contribution >= 4 is 29.0 Å². The molecule has 0 unspecified atom stereocenters. The average molecular weight is 395 g/mol. The lowest BCUT2D eigenvalue weighted by molar-refractivity contribution is 0.0931. The Morgan fingerprint density at radius 3 is 2.89 bits per heavy atom. The molecule has 3 N–H and O–H groups in total. The first kappa shape index (κ1) is 16.9. The van der Waals surface area contributed by atoms with Gasteiger partial charge in [0.2, 0.25) is 0 Å². The van der Waals surface area contributed by atoms with E-state index in [9.17, 15) is 9.59 Å². The number of hydrogen-bond donors (Lipinski definition) is 3. The molecule has 1 aromatic carbocycles. The number of anilines is 2. The van der Waals surface area contributed by atoms with Gasteiger partial charge in [0.1, 0.15) is 23.5 Å². The van der Waals surface area contributed by atoms with Crippen LogP contribution in [0, 0.1) is 0 Å². The molecule has 0 saturated carbocycles. The largest absolute Gasteiger partial charge is 0.336 e. The summed E-state index contributed by atoms with van der Waals surface area (Å²) in [5.74, 6) is 0.0754. The maximum absolute atomic E-state index is 13.4. The highest BCUT2D eigenvalue weighted by molar-refractivity contribution is 6.34. The predicted octanol–water partition coefficient (Wildman–Crippen LogP) is 1.58. The van der Waals surface area contributed by atoms with E-state index in [1.165, 1.54) is 17.0 Å². The van der Waals surface area contributed by atoms with Crippen molar-refractivity contribution in [3.8, 4) is 0 Å². The number of carbonyl (C=O) groups is 1. The van der Waals surface area contributed by atoms with Crippen molar-refractivity contribution in [2.45, 2.75) is 12.2 Å². The molecule has 0 fully saturated rings. The molecule has 4 heterocycles. The number of benzene rings is 1. The van der Waals surface area contributed by atoms with Crippen molar-refractivity contribution in [3.63, 3.8) is 0 Å². The number of fused-ring (bicyclic) bond motifs is 4. The summed E-state index contributed by atoms with van der Waals surface area (Å²) < 4.78 is 1.45. The van der Waals surface area contributed by atoms with E-state index in [0.29, 0.717) is 18.9 Å². The van der Waals surface area contributed by atoms with Crippen molar-refractivity contribution in [2.24, 2.45) is 0 Å². The van der Waals surface area contributed by atoms with Crippen LogP contribution in [-0.4, -0.2) is 27.0 Å². The molecule has 2 aliphatic rings. The molecular formula is C19H15ClN6O2. The molecule has 5 rings (SSSR count). The summed E-state index contributed by atoms with van der Waals surface area (Å²) in [5.41, 5.74) is 0.864. The quantitative estimate of drug-likeness (QED) is 0.610. The summed E-state index contributed by atoms with van der Waals surface area (Å²) in [6, 6.07) is 10.8. The standard InChI is InChI=1S/C19H15ClN6O2/c20-13-7-14(24-15-5-6-21-10-23-15)18(28)26-16(13)17(27)25-19(26)9-22-8-11-3-1-2-4-12(11)19/h1-7,10,22H,8-9H2,(H,25,27)(H,21,23,24)/t19-/m0/s1. The minimum absolute atomic E-state index is 0.151. The number of amides is 1. The van der Waals surface area contributed by atoms with E-state index < -0.39 is 5.66 Å². The van der Waals surface area contributed by atoms with Gasteiger partial charge in [-0.05, 0) is 17.7 Å². The van der Waals surface area contributed by atoms with Crippen molar-refractivity contribution in [1.29, 1.82) is 0 Å². The Bertz CT molecular complexity index is 1160. The van der Waals surface area contributed by atoms with E-state index in [4.69, 9.17) is 11.6 Å². The van der Waals surface area contributed by atoms with Crippen LogP contribution >= 0.6 is 11.6 Å². The Morgan fingerprint density at radius 2 is 2.07 bits per heavy atom. The number of carbonyl (C=O) groups excluding carboxylic acids is 1. The molecular weight excluding hydrogens is 380 g/mol. The van der Waals surface area contributed by atoms with Crippen LogP contribution in [0.4, 0.5) is 11.5 Å². The number of aromatic nitrogens is 3. The van der Waals surface area contributed by atoms with Gasteiger partial charge in [-0.3, -0.25) is 14.2 Å². The molecule has 0 saturated heterocycles. The van der Waals surface area contributed by atoms with E-state index in [0.717, 1.165) is 11.1 Å². The molecule has 0 aliphatic carbocycles. The SMILES string of the molecule is O=C1N[C@@]2(CNCc3ccccc32)n2c1c(Cl)cc(Nc1ccncn1)c2=O. The van der Waals surface area contributed by atoms with E-state index in [-0.39, 0.29) is 27.9 Å². The summed E-state index contributed by atoms with van der Waals surface area (Å²) in [6.07, 6.45) is 2.94. The van der Waals surface area contributed by atoms with Crippen molar-refractivity contribution in [1.82, 2.24) is 25.2 Å². The predicted molar refractivity (Wildman–Crippen MR) is 104 cm³/mol. The summed E-state index contributed by atoms with van der Waals surface area (Å²) in [5, 5.41) is 9.44. The Morgan fingerprint density at radius 1 is 1.21 bits per heavy atom. The summed E-state index contributed by atoms with van der Waals surface area (Å²) in [6.45, 7) is 1.03. The first-order valence-corrected chi connectivity index (χ1v) is 9.09. The number of halogens is 1. The molecule has 0 radical (unpaired) electrons. The fraction of sp³-hybridized carbons (Fsp3) is 0.158. The van der Waals surface area contributed by atoms with Crippen molar-refractivity contribution in [2.75, 3.05) is 11.9 Å². The third-order valence-corrected chi connectivity index (χ3v) is 5.36. The molecule has 8 nitrogen and oxygen atoms in total. The van der Waals surface area contributed by atoms with Crippen LogP contribution < -0.4 is 21.5 Å². The van der Waals surface area contributed by atoms with Gasteiger partial charge in [0, 0.05) is 24.8 Å². The van der Waals surface area contributed by atoms with Crippen LogP contribution in [0.5, 0.6) is 0 Å². The Hall–Kier alpha value is -3.23. The van der Waals surface area contributed by atoms with E-state index in [1.807, 2.05) is 24.3 Å². The van der Waals surface area contributed by atoms with Crippen LogP contribution in [0.3, 0.4) is 0 Å².